The highest BCUT2D eigenvalue weighted by Gasteiger charge is 2.28. The van der Waals surface area contributed by atoms with Crippen LogP contribution in [0, 0.1) is 5.82 Å². The maximum Gasteiger partial charge on any atom is 0.255 e. The highest BCUT2D eigenvalue weighted by atomic mass is 19.1. The first-order valence-corrected chi connectivity index (χ1v) is 7.11. The average molecular weight is 301 g/mol. The molecular weight excluding hydrogens is 285 g/mol. The van der Waals surface area contributed by atoms with Gasteiger partial charge in [0.15, 0.2) is 0 Å². The van der Waals surface area contributed by atoms with Crippen LogP contribution in [-0.4, -0.2) is 35.4 Å². The predicted molar refractivity (Wildman–Crippen MR) is 80.1 cm³/mol. The van der Waals surface area contributed by atoms with Crippen LogP contribution in [0.15, 0.2) is 47.4 Å². The first-order valence-electron chi connectivity index (χ1n) is 7.11. The smallest absolute Gasteiger partial charge is 0.255 e. The Morgan fingerprint density at radius 1 is 1.27 bits per heavy atom. The van der Waals surface area contributed by atoms with Crippen molar-refractivity contribution >= 4 is 5.91 Å². The Morgan fingerprint density at radius 2 is 2.14 bits per heavy atom. The second-order valence-corrected chi connectivity index (χ2v) is 5.22. The molecule has 0 spiro atoms. The van der Waals surface area contributed by atoms with Gasteiger partial charge in [-0.1, -0.05) is 12.1 Å². The van der Waals surface area contributed by atoms with Crippen molar-refractivity contribution in [3.05, 3.63) is 69.9 Å². The molecule has 6 heteroatoms. The second-order valence-electron chi connectivity index (χ2n) is 5.22. The number of H-pyrrole nitrogens is 1. The SMILES string of the molecule is O=C(c1ccc(=O)[nH]c1)N1CCNCC1c1cccc(F)c1. The average Bonchev–Trinajstić information content (AvgIpc) is 2.55. The van der Waals surface area contributed by atoms with E-state index in [9.17, 15) is 14.0 Å². The summed E-state index contributed by atoms with van der Waals surface area (Å²) in [5, 5.41) is 3.22. The fourth-order valence-electron chi connectivity index (χ4n) is 2.67. The van der Waals surface area contributed by atoms with E-state index in [4.69, 9.17) is 0 Å². The number of nitrogens with zero attached hydrogens (tertiary/aromatic N) is 1. The molecule has 2 heterocycles. The number of pyridine rings is 1. The lowest BCUT2D eigenvalue weighted by Crippen LogP contribution is -2.48. The molecule has 5 nitrogen and oxygen atoms in total. The molecule has 114 valence electrons. The molecule has 1 aromatic carbocycles. The van der Waals surface area contributed by atoms with Gasteiger partial charge in [-0.2, -0.15) is 0 Å². The summed E-state index contributed by atoms with van der Waals surface area (Å²) < 4.78 is 13.5. The van der Waals surface area contributed by atoms with Crippen LogP contribution in [0.4, 0.5) is 4.39 Å². The number of nitrogens with one attached hydrogen (secondary N) is 2. The zero-order chi connectivity index (χ0) is 15.5. The van der Waals surface area contributed by atoms with E-state index >= 15 is 0 Å². The molecule has 0 radical (unpaired) electrons. The third-order valence-electron chi connectivity index (χ3n) is 3.77. The van der Waals surface area contributed by atoms with Crippen molar-refractivity contribution in [2.45, 2.75) is 6.04 Å². The molecule has 1 aliphatic heterocycles. The number of rotatable bonds is 2. The zero-order valence-electron chi connectivity index (χ0n) is 11.9. The number of hydrogen-bond donors (Lipinski definition) is 2. The van der Waals surface area contributed by atoms with Crippen molar-refractivity contribution in [3.63, 3.8) is 0 Å². The predicted octanol–water partition coefficient (Wildman–Crippen LogP) is 1.30. The maximum atomic E-state index is 13.5. The lowest BCUT2D eigenvalue weighted by atomic mass is 10.0. The Kier molecular flexibility index (Phi) is 4.02. The van der Waals surface area contributed by atoms with Crippen molar-refractivity contribution in [3.8, 4) is 0 Å². The van der Waals surface area contributed by atoms with Crippen molar-refractivity contribution in [1.82, 2.24) is 15.2 Å². The van der Waals surface area contributed by atoms with E-state index in [0.29, 0.717) is 25.2 Å². The topological polar surface area (TPSA) is 65.2 Å². The van der Waals surface area contributed by atoms with Crippen LogP contribution in [0.5, 0.6) is 0 Å². The molecule has 1 atom stereocenters. The van der Waals surface area contributed by atoms with Crippen molar-refractivity contribution < 1.29 is 9.18 Å². The molecule has 22 heavy (non-hydrogen) atoms. The first kappa shape index (κ1) is 14.5. The fraction of sp³-hybridized carbons (Fsp3) is 0.250. The third kappa shape index (κ3) is 2.92. The Bertz CT molecular complexity index is 724. The number of halogens is 1. The quantitative estimate of drug-likeness (QED) is 0.879. The van der Waals surface area contributed by atoms with Gasteiger partial charge >= 0.3 is 0 Å². The van der Waals surface area contributed by atoms with Gasteiger partial charge in [0, 0.05) is 31.9 Å². The minimum atomic E-state index is -0.320. The summed E-state index contributed by atoms with van der Waals surface area (Å²) in [5.74, 6) is -0.494. The Labute approximate surface area is 126 Å². The third-order valence-corrected chi connectivity index (χ3v) is 3.77. The van der Waals surface area contributed by atoms with E-state index in [2.05, 4.69) is 10.3 Å². The van der Waals surface area contributed by atoms with E-state index in [-0.39, 0.29) is 23.3 Å². The normalized spacial score (nSPS) is 18.2. The minimum absolute atomic E-state index is 0.174. The van der Waals surface area contributed by atoms with Gasteiger partial charge in [-0.3, -0.25) is 9.59 Å². The largest absolute Gasteiger partial charge is 0.329 e. The molecule has 1 aromatic heterocycles. The molecule has 0 bridgehead atoms. The number of piperazine rings is 1. The summed E-state index contributed by atoms with van der Waals surface area (Å²) >= 11 is 0. The number of carbonyl (C=O) groups is 1. The van der Waals surface area contributed by atoms with E-state index < -0.39 is 0 Å². The van der Waals surface area contributed by atoms with E-state index in [0.717, 1.165) is 5.56 Å². The van der Waals surface area contributed by atoms with Crippen molar-refractivity contribution in [1.29, 1.82) is 0 Å². The van der Waals surface area contributed by atoms with Crippen LogP contribution < -0.4 is 10.9 Å². The van der Waals surface area contributed by atoms with E-state index in [1.54, 1.807) is 11.0 Å². The van der Waals surface area contributed by atoms with Gasteiger partial charge in [0.25, 0.3) is 5.91 Å². The summed E-state index contributed by atoms with van der Waals surface area (Å²) in [7, 11) is 0. The van der Waals surface area contributed by atoms with Crippen LogP contribution in [0.2, 0.25) is 0 Å². The fourth-order valence-corrected chi connectivity index (χ4v) is 2.67. The second kappa shape index (κ2) is 6.11. The molecule has 1 aliphatic rings. The molecule has 2 N–H and O–H groups in total. The minimum Gasteiger partial charge on any atom is -0.329 e. The van der Waals surface area contributed by atoms with Gasteiger partial charge in [0.2, 0.25) is 5.56 Å². The Balaban J connectivity index is 1.90. The molecule has 1 unspecified atom stereocenters. The zero-order valence-corrected chi connectivity index (χ0v) is 11.9. The highest BCUT2D eigenvalue weighted by Crippen LogP contribution is 2.24. The molecular formula is C16H16FN3O2. The van der Waals surface area contributed by atoms with Gasteiger partial charge in [0.05, 0.1) is 11.6 Å². The molecule has 1 fully saturated rings. The van der Waals surface area contributed by atoms with Crippen LogP contribution in [0.1, 0.15) is 22.0 Å². The molecule has 3 rings (SSSR count). The summed E-state index contributed by atoms with van der Waals surface area (Å²) in [6, 6.07) is 8.89. The molecule has 0 aliphatic carbocycles. The summed E-state index contributed by atoms with van der Waals surface area (Å²) in [6.45, 7) is 1.78. The molecule has 2 aromatic rings. The van der Waals surface area contributed by atoms with Crippen LogP contribution in [0.25, 0.3) is 0 Å². The maximum absolute atomic E-state index is 13.5. The van der Waals surface area contributed by atoms with Gasteiger partial charge in [-0.25, -0.2) is 4.39 Å². The van der Waals surface area contributed by atoms with Crippen LogP contribution >= 0.6 is 0 Å². The number of hydrogen-bond acceptors (Lipinski definition) is 3. The molecule has 1 saturated heterocycles. The Morgan fingerprint density at radius 3 is 2.86 bits per heavy atom. The highest BCUT2D eigenvalue weighted by molar-refractivity contribution is 5.94. The molecule has 0 saturated carbocycles. The first-order chi connectivity index (χ1) is 10.6. The summed E-state index contributed by atoms with van der Waals surface area (Å²) in [5.41, 5.74) is 0.923. The van der Waals surface area contributed by atoms with Gasteiger partial charge in [0.1, 0.15) is 5.82 Å². The van der Waals surface area contributed by atoms with Crippen LogP contribution in [-0.2, 0) is 0 Å². The number of benzene rings is 1. The number of carbonyl (C=O) groups excluding carboxylic acids is 1. The van der Waals surface area contributed by atoms with Crippen molar-refractivity contribution in [2.24, 2.45) is 0 Å². The number of aromatic amines is 1. The van der Waals surface area contributed by atoms with Gasteiger partial charge in [-0.15, -0.1) is 0 Å². The van der Waals surface area contributed by atoms with Crippen LogP contribution in [0.3, 0.4) is 0 Å². The summed E-state index contributed by atoms with van der Waals surface area (Å²) in [6.07, 6.45) is 1.41. The number of amides is 1. The monoisotopic (exact) mass is 301 g/mol. The molecule has 1 amide bonds. The van der Waals surface area contributed by atoms with E-state index in [1.165, 1.54) is 30.5 Å². The van der Waals surface area contributed by atoms with E-state index in [1.807, 2.05) is 6.07 Å². The van der Waals surface area contributed by atoms with Crippen molar-refractivity contribution in [2.75, 3.05) is 19.6 Å². The lowest BCUT2D eigenvalue weighted by molar-refractivity contribution is 0.0633. The Hall–Kier alpha value is -2.47. The van der Waals surface area contributed by atoms with Gasteiger partial charge < -0.3 is 15.2 Å². The number of aromatic nitrogens is 1. The standard InChI is InChI=1S/C16H16FN3O2/c17-13-3-1-2-11(8-13)14-10-18-6-7-20(14)16(22)12-4-5-15(21)19-9-12/h1-5,8-9,14,18H,6-7,10H2,(H,19,21). The van der Waals surface area contributed by atoms with Gasteiger partial charge in [-0.05, 0) is 23.8 Å². The summed E-state index contributed by atoms with van der Waals surface area (Å²) in [4.78, 5) is 28.0. The lowest BCUT2D eigenvalue weighted by Gasteiger charge is -2.36.